The molecule has 22 heavy (non-hydrogen) atoms. The lowest BCUT2D eigenvalue weighted by atomic mass is 9.91. The topological polar surface area (TPSA) is 96.5 Å². The first-order valence-corrected chi connectivity index (χ1v) is 9.39. The van der Waals surface area contributed by atoms with Crippen molar-refractivity contribution in [2.24, 2.45) is 5.41 Å². The number of rotatable bonds is 2. The van der Waals surface area contributed by atoms with Crippen LogP contribution in [0.3, 0.4) is 0 Å². The van der Waals surface area contributed by atoms with E-state index in [-0.39, 0.29) is 24.4 Å². The molecule has 9 heteroatoms. The molecule has 7 nitrogen and oxygen atoms in total. The average molecular weight is 349 g/mol. The molecule has 0 saturated carbocycles. The van der Waals surface area contributed by atoms with Gasteiger partial charge in [-0.15, -0.1) is 0 Å². The Morgan fingerprint density at radius 1 is 1.32 bits per heavy atom. The lowest BCUT2D eigenvalue weighted by Crippen LogP contribution is -2.53. The molecule has 2 amide bonds. The summed E-state index contributed by atoms with van der Waals surface area (Å²) in [7, 11) is 5.91. The largest absolute Gasteiger partial charge is 0.467 e. The van der Waals surface area contributed by atoms with E-state index in [9.17, 15) is 14.4 Å². The first kappa shape index (κ1) is 19.1. The minimum absolute atomic E-state index is 0.137. The fourth-order valence-electron chi connectivity index (χ4n) is 1.70. The third-order valence-corrected chi connectivity index (χ3v) is 5.75. The highest BCUT2D eigenvalue weighted by Gasteiger charge is 2.33. The summed E-state index contributed by atoms with van der Waals surface area (Å²) in [6.45, 7) is 3.64. The Bertz CT molecular complexity index is 432. The van der Waals surface area contributed by atoms with E-state index in [0.717, 1.165) is 0 Å². The van der Waals surface area contributed by atoms with Gasteiger partial charge in [-0.05, 0) is 20.9 Å². The Hall–Kier alpha value is -0.930. The lowest BCUT2D eigenvalue weighted by molar-refractivity contribution is -0.145. The van der Waals surface area contributed by atoms with Crippen LogP contribution in [-0.4, -0.2) is 62.1 Å². The molecule has 126 valence electrons. The van der Waals surface area contributed by atoms with Crippen molar-refractivity contribution in [3.63, 3.8) is 0 Å². The Morgan fingerprint density at radius 2 is 1.95 bits per heavy atom. The van der Waals surface area contributed by atoms with E-state index in [1.54, 1.807) is 20.9 Å². The van der Waals surface area contributed by atoms with Crippen LogP contribution in [0, 0.1) is 5.41 Å². The van der Waals surface area contributed by atoms with Gasteiger partial charge in [-0.1, -0.05) is 21.6 Å². The molecular formula is C13H23N3O4S2. The summed E-state index contributed by atoms with van der Waals surface area (Å²) in [5, 5.41) is 8.43. The summed E-state index contributed by atoms with van der Waals surface area (Å²) in [4.78, 5) is 36.2. The van der Waals surface area contributed by atoms with E-state index >= 15 is 0 Å². The molecule has 1 aliphatic heterocycles. The lowest BCUT2D eigenvalue weighted by Gasteiger charge is -2.28. The van der Waals surface area contributed by atoms with Crippen molar-refractivity contribution in [3.8, 4) is 0 Å². The number of esters is 1. The molecule has 0 bridgehead atoms. The fraction of sp³-hybridized carbons (Fsp3) is 0.769. The predicted octanol–water partition coefficient (Wildman–Crippen LogP) is -0.230. The maximum atomic E-state index is 12.3. The number of hydrogen-bond acceptors (Lipinski definition) is 7. The first-order valence-electron chi connectivity index (χ1n) is 6.90. The number of methoxy groups -OCH3 is 1. The van der Waals surface area contributed by atoms with Crippen molar-refractivity contribution in [1.29, 1.82) is 0 Å². The quantitative estimate of drug-likeness (QED) is 0.468. The third kappa shape index (κ3) is 5.36. The van der Waals surface area contributed by atoms with Crippen LogP contribution >= 0.6 is 21.6 Å². The number of nitrogens with one attached hydrogen (secondary N) is 3. The van der Waals surface area contributed by atoms with Gasteiger partial charge in [0, 0.05) is 18.1 Å². The highest BCUT2D eigenvalue weighted by molar-refractivity contribution is 8.76. The van der Waals surface area contributed by atoms with Crippen LogP contribution in [0.2, 0.25) is 0 Å². The number of carbonyl (C=O) groups excluding carboxylic acids is 3. The number of amides is 2. The standard InChI is InChI=1S/C13H23N3O4S2/c1-13(2)7-15-10(17)8(14-3)5-21-22-6-9(11(18)20-4)16-12(13)19/h8-9,14H,5-7H2,1-4H3,(H,15,17)(H,16,19)/t8-,9-/m0/s1. The number of ether oxygens (including phenoxy) is 1. The van der Waals surface area contributed by atoms with Crippen molar-refractivity contribution in [1.82, 2.24) is 16.0 Å². The highest BCUT2D eigenvalue weighted by atomic mass is 33.1. The smallest absolute Gasteiger partial charge is 0.329 e. The molecule has 0 aromatic carbocycles. The van der Waals surface area contributed by atoms with Gasteiger partial charge in [-0.25, -0.2) is 4.79 Å². The van der Waals surface area contributed by atoms with Crippen molar-refractivity contribution >= 4 is 39.4 Å². The maximum absolute atomic E-state index is 12.3. The van der Waals surface area contributed by atoms with Gasteiger partial charge in [0.1, 0.15) is 6.04 Å². The highest BCUT2D eigenvalue weighted by Crippen LogP contribution is 2.24. The minimum atomic E-state index is -0.822. The monoisotopic (exact) mass is 349 g/mol. The van der Waals surface area contributed by atoms with Crippen molar-refractivity contribution in [2.45, 2.75) is 25.9 Å². The molecular weight excluding hydrogens is 326 g/mol. The van der Waals surface area contributed by atoms with Crippen molar-refractivity contribution in [2.75, 3.05) is 32.2 Å². The van der Waals surface area contributed by atoms with E-state index in [1.165, 1.54) is 28.7 Å². The molecule has 1 fully saturated rings. The van der Waals surface area contributed by atoms with Gasteiger partial charge in [0.2, 0.25) is 11.8 Å². The summed E-state index contributed by atoms with van der Waals surface area (Å²) in [5.41, 5.74) is -0.822. The van der Waals surface area contributed by atoms with E-state index in [2.05, 4.69) is 16.0 Å². The van der Waals surface area contributed by atoms with Gasteiger partial charge in [0.25, 0.3) is 0 Å². The van der Waals surface area contributed by atoms with E-state index in [0.29, 0.717) is 11.5 Å². The summed E-state index contributed by atoms with van der Waals surface area (Å²) in [5.74, 6) is 0.0485. The number of carbonyl (C=O) groups is 3. The van der Waals surface area contributed by atoms with Crippen molar-refractivity contribution in [3.05, 3.63) is 0 Å². The Kier molecular flexibility index (Phi) is 7.51. The van der Waals surface area contributed by atoms with Crippen LogP contribution in [0.25, 0.3) is 0 Å². The van der Waals surface area contributed by atoms with Crippen LogP contribution in [0.15, 0.2) is 0 Å². The zero-order valence-corrected chi connectivity index (χ0v) is 14.9. The van der Waals surface area contributed by atoms with Crippen molar-refractivity contribution < 1.29 is 19.1 Å². The number of likely N-dealkylation sites (N-methyl/N-ethyl adjacent to an activating group) is 1. The molecule has 0 aromatic heterocycles. The second kappa shape index (κ2) is 8.64. The Balaban J connectivity index is 2.88. The molecule has 0 spiro atoms. The SMILES string of the molecule is CN[C@H]1CSSC[C@@H](C(=O)OC)NC(=O)C(C)(C)CNC1=O. The Labute approximate surface area is 138 Å². The summed E-state index contributed by atoms with van der Waals surface area (Å²) >= 11 is 0. The van der Waals surface area contributed by atoms with Gasteiger partial charge in [0.15, 0.2) is 0 Å². The summed E-state index contributed by atoms with van der Waals surface area (Å²) < 4.78 is 4.73. The molecule has 0 aromatic rings. The minimum Gasteiger partial charge on any atom is -0.467 e. The Morgan fingerprint density at radius 3 is 2.55 bits per heavy atom. The molecule has 2 atom stereocenters. The van der Waals surface area contributed by atoms with E-state index in [4.69, 9.17) is 4.74 Å². The van der Waals surface area contributed by atoms with Gasteiger partial charge in [0.05, 0.1) is 18.6 Å². The van der Waals surface area contributed by atoms with E-state index in [1.807, 2.05) is 0 Å². The number of hydrogen-bond donors (Lipinski definition) is 3. The first-order chi connectivity index (χ1) is 10.3. The van der Waals surface area contributed by atoms with Gasteiger partial charge >= 0.3 is 5.97 Å². The molecule has 0 radical (unpaired) electrons. The van der Waals surface area contributed by atoms with Gasteiger partial charge in [-0.2, -0.15) is 0 Å². The molecule has 0 unspecified atom stereocenters. The zero-order chi connectivity index (χ0) is 16.8. The van der Waals surface area contributed by atoms with Gasteiger partial charge < -0.3 is 20.7 Å². The van der Waals surface area contributed by atoms with E-state index < -0.39 is 17.4 Å². The second-order valence-corrected chi connectivity index (χ2v) is 8.11. The van der Waals surface area contributed by atoms with Crippen LogP contribution in [0.4, 0.5) is 0 Å². The average Bonchev–Trinajstić information content (AvgIpc) is 2.49. The van der Waals surface area contributed by atoms with Crippen LogP contribution in [0.1, 0.15) is 13.8 Å². The van der Waals surface area contributed by atoms with Crippen LogP contribution in [-0.2, 0) is 19.1 Å². The maximum Gasteiger partial charge on any atom is 0.329 e. The molecule has 1 heterocycles. The third-order valence-electron chi connectivity index (χ3n) is 3.33. The molecule has 1 saturated heterocycles. The molecule has 1 aliphatic rings. The predicted molar refractivity (Wildman–Crippen MR) is 88.5 cm³/mol. The fourth-order valence-corrected chi connectivity index (χ4v) is 4.09. The summed E-state index contributed by atoms with van der Waals surface area (Å²) in [6, 6.07) is -1.04. The summed E-state index contributed by atoms with van der Waals surface area (Å²) in [6.07, 6.45) is 0. The molecule has 0 aliphatic carbocycles. The van der Waals surface area contributed by atoms with Crippen LogP contribution in [0.5, 0.6) is 0 Å². The second-order valence-electron chi connectivity index (χ2n) is 5.56. The normalized spacial score (nSPS) is 26.9. The van der Waals surface area contributed by atoms with Crippen LogP contribution < -0.4 is 16.0 Å². The zero-order valence-electron chi connectivity index (χ0n) is 13.2. The van der Waals surface area contributed by atoms with Gasteiger partial charge in [-0.3, -0.25) is 9.59 Å². The molecule has 1 rings (SSSR count). The molecule has 3 N–H and O–H groups in total.